The predicted octanol–water partition coefficient (Wildman–Crippen LogP) is 3.34. The minimum absolute atomic E-state index is 0.122. The number of hydrogen-bond donors (Lipinski definition) is 1. The largest absolute Gasteiger partial charge is 0.343 e. The van der Waals surface area contributed by atoms with Crippen molar-refractivity contribution < 1.29 is 9.59 Å². The molecule has 0 radical (unpaired) electrons. The normalized spacial score (nSPS) is 25.1. The predicted molar refractivity (Wildman–Crippen MR) is 132 cm³/mol. The van der Waals surface area contributed by atoms with Gasteiger partial charge in [0.1, 0.15) is 18.5 Å². The van der Waals surface area contributed by atoms with Crippen molar-refractivity contribution in [2.24, 2.45) is 0 Å². The third-order valence-corrected chi connectivity index (χ3v) is 7.44. The minimum Gasteiger partial charge on any atom is -0.343 e. The van der Waals surface area contributed by atoms with E-state index in [-0.39, 0.29) is 30.9 Å². The number of carbonyl (C=O) groups excluding carboxylic acids is 2. The Morgan fingerprint density at radius 1 is 0.941 bits per heavy atom. The molecule has 7 heteroatoms. The number of imide groups is 1. The molecule has 174 valence electrons. The van der Waals surface area contributed by atoms with Gasteiger partial charge in [0.2, 0.25) is 0 Å². The maximum absolute atomic E-state index is 13.8. The summed E-state index contributed by atoms with van der Waals surface area (Å²) in [5, 5.41) is 5.77. The number of nitrogens with one attached hydrogen (secondary N) is 1. The highest BCUT2D eigenvalue weighted by Crippen LogP contribution is 2.34. The van der Waals surface area contributed by atoms with Gasteiger partial charge in [-0.1, -0.05) is 60.2 Å². The molecule has 3 fully saturated rings. The first-order valence-corrected chi connectivity index (χ1v) is 11.9. The summed E-state index contributed by atoms with van der Waals surface area (Å²) in [4.78, 5) is 34.9. The van der Waals surface area contributed by atoms with Crippen LogP contribution in [0.15, 0.2) is 66.7 Å². The molecule has 0 saturated carbocycles. The standard InChI is InChI=1S/C27H29N5O2/c1-18-11-13-21(14-12-18)30-15-6-16-31-23-24(28-26(30)31)29(2)27(34)32(25(23)33)17-20-9-5-8-19-7-3-4-10-22(19)20/h3-5,7-14,23-24,26,28H,6,15-17H2,1-2H3. The highest BCUT2D eigenvalue weighted by atomic mass is 16.2. The van der Waals surface area contributed by atoms with Crippen molar-refractivity contribution >= 4 is 28.4 Å². The van der Waals surface area contributed by atoms with Gasteiger partial charge >= 0.3 is 6.03 Å². The average molecular weight is 456 g/mol. The molecule has 3 aliphatic heterocycles. The number of nitrogens with zero attached hydrogens (tertiary/aromatic N) is 4. The first-order chi connectivity index (χ1) is 16.5. The van der Waals surface area contributed by atoms with Crippen LogP contribution in [0.25, 0.3) is 10.8 Å². The molecule has 3 amide bonds. The van der Waals surface area contributed by atoms with Crippen LogP contribution in [-0.4, -0.2) is 65.3 Å². The second kappa shape index (κ2) is 8.11. The van der Waals surface area contributed by atoms with Crippen molar-refractivity contribution in [3.05, 3.63) is 77.9 Å². The van der Waals surface area contributed by atoms with Gasteiger partial charge in [-0.25, -0.2) is 4.79 Å². The molecule has 0 spiro atoms. The summed E-state index contributed by atoms with van der Waals surface area (Å²) in [7, 11) is 1.80. The number of rotatable bonds is 3. The van der Waals surface area contributed by atoms with E-state index in [2.05, 4.69) is 58.4 Å². The molecule has 7 nitrogen and oxygen atoms in total. The van der Waals surface area contributed by atoms with Crippen LogP contribution in [0.1, 0.15) is 17.5 Å². The van der Waals surface area contributed by atoms with E-state index in [0.717, 1.165) is 41.5 Å². The fraction of sp³-hybridized carbons (Fsp3) is 0.333. The Bertz CT molecular complexity index is 1250. The van der Waals surface area contributed by atoms with Gasteiger partial charge in [0.05, 0.1) is 6.54 Å². The van der Waals surface area contributed by atoms with Gasteiger partial charge in [0.15, 0.2) is 0 Å². The lowest BCUT2D eigenvalue weighted by Crippen LogP contribution is -2.66. The van der Waals surface area contributed by atoms with Crippen molar-refractivity contribution in [2.75, 3.05) is 25.0 Å². The molecular weight excluding hydrogens is 426 g/mol. The number of urea groups is 1. The first-order valence-electron chi connectivity index (χ1n) is 11.9. The zero-order valence-electron chi connectivity index (χ0n) is 19.5. The molecule has 3 saturated heterocycles. The van der Waals surface area contributed by atoms with Gasteiger partial charge < -0.3 is 9.80 Å². The molecule has 3 unspecified atom stereocenters. The number of aryl methyl sites for hydroxylation is 1. The fourth-order valence-electron chi connectivity index (χ4n) is 5.67. The number of carbonyl (C=O) groups is 2. The van der Waals surface area contributed by atoms with E-state index in [4.69, 9.17) is 0 Å². The van der Waals surface area contributed by atoms with Crippen LogP contribution in [-0.2, 0) is 11.3 Å². The van der Waals surface area contributed by atoms with Crippen molar-refractivity contribution in [1.82, 2.24) is 20.0 Å². The minimum atomic E-state index is -0.407. The number of fused-ring (bicyclic) bond motifs is 4. The van der Waals surface area contributed by atoms with Gasteiger partial charge in [0.25, 0.3) is 5.91 Å². The SMILES string of the molecule is Cc1ccc(N2CCCN3C4C(=O)N(Cc5cccc6ccccc56)C(=O)N(C)C4NC23)cc1. The molecule has 3 aromatic rings. The summed E-state index contributed by atoms with van der Waals surface area (Å²) in [6.45, 7) is 4.07. The smallest absolute Gasteiger partial charge is 0.328 e. The maximum Gasteiger partial charge on any atom is 0.328 e. The van der Waals surface area contributed by atoms with Crippen LogP contribution >= 0.6 is 0 Å². The second-order valence-electron chi connectivity index (χ2n) is 9.51. The van der Waals surface area contributed by atoms with Gasteiger partial charge in [-0.05, 0) is 41.8 Å². The van der Waals surface area contributed by atoms with Crippen LogP contribution in [0.3, 0.4) is 0 Å². The van der Waals surface area contributed by atoms with Crippen molar-refractivity contribution in [3.8, 4) is 0 Å². The molecule has 3 heterocycles. The van der Waals surface area contributed by atoms with E-state index in [1.165, 1.54) is 10.5 Å². The number of likely N-dealkylation sites (N-methyl/N-ethyl adjacent to an activating group) is 1. The van der Waals surface area contributed by atoms with Gasteiger partial charge in [-0.2, -0.15) is 0 Å². The van der Waals surface area contributed by atoms with Crippen molar-refractivity contribution in [3.63, 3.8) is 0 Å². The molecule has 0 bridgehead atoms. The maximum atomic E-state index is 13.8. The quantitative estimate of drug-likeness (QED) is 0.657. The van der Waals surface area contributed by atoms with Gasteiger partial charge in [-0.15, -0.1) is 0 Å². The Balaban J connectivity index is 1.31. The van der Waals surface area contributed by atoms with Crippen LogP contribution in [0, 0.1) is 6.92 Å². The van der Waals surface area contributed by atoms with E-state index in [1.807, 2.05) is 30.3 Å². The van der Waals surface area contributed by atoms with Gasteiger partial charge in [-0.3, -0.25) is 19.9 Å². The fourth-order valence-corrected chi connectivity index (χ4v) is 5.67. The number of benzene rings is 3. The summed E-state index contributed by atoms with van der Waals surface area (Å²) in [6.07, 6.45) is 0.492. The zero-order chi connectivity index (χ0) is 23.4. The summed E-state index contributed by atoms with van der Waals surface area (Å²) in [5.74, 6) is -0.123. The number of hydrogen-bond acceptors (Lipinski definition) is 5. The van der Waals surface area contributed by atoms with Crippen molar-refractivity contribution in [2.45, 2.75) is 38.4 Å². The summed E-state index contributed by atoms with van der Waals surface area (Å²) in [5.41, 5.74) is 3.32. The average Bonchev–Trinajstić information content (AvgIpc) is 3.26. The van der Waals surface area contributed by atoms with Crippen LogP contribution in [0.5, 0.6) is 0 Å². The monoisotopic (exact) mass is 455 g/mol. The lowest BCUT2D eigenvalue weighted by molar-refractivity contribution is -0.139. The lowest BCUT2D eigenvalue weighted by atomic mass is 10.0. The van der Waals surface area contributed by atoms with Crippen LogP contribution in [0.2, 0.25) is 0 Å². The molecule has 0 aromatic heterocycles. The molecule has 6 rings (SSSR count). The summed E-state index contributed by atoms with van der Waals surface area (Å²) in [6, 6.07) is 22.0. The molecule has 1 N–H and O–H groups in total. The van der Waals surface area contributed by atoms with E-state index in [0.29, 0.717) is 0 Å². The molecule has 3 aromatic carbocycles. The Kier molecular flexibility index (Phi) is 5.04. The van der Waals surface area contributed by atoms with E-state index >= 15 is 0 Å². The molecular formula is C27H29N5O2. The van der Waals surface area contributed by atoms with E-state index in [9.17, 15) is 9.59 Å². The Morgan fingerprint density at radius 2 is 1.71 bits per heavy atom. The third kappa shape index (κ3) is 3.27. The molecule has 3 aliphatic rings. The molecule has 3 atom stereocenters. The number of amides is 3. The molecule has 34 heavy (non-hydrogen) atoms. The first kappa shape index (κ1) is 21.1. The lowest BCUT2D eigenvalue weighted by Gasteiger charge is -2.44. The third-order valence-electron chi connectivity index (χ3n) is 7.44. The number of anilines is 1. The Hall–Kier alpha value is -3.42. The van der Waals surface area contributed by atoms with E-state index < -0.39 is 6.04 Å². The van der Waals surface area contributed by atoms with Gasteiger partial charge in [0, 0.05) is 25.8 Å². The second-order valence-corrected chi connectivity index (χ2v) is 9.51. The summed E-state index contributed by atoms with van der Waals surface area (Å²) >= 11 is 0. The van der Waals surface area contributed by atoms with Crippen molar-refractivity contribution in [1.29, 1.82) is 0 Å². The topological polar surface area (TPSA) is 59.1 Å². The van der Waals surface area contributed by atoms with Crippen LogP contribution < -0.4 is 10.2 Å². The molecule has 0 aliphatic carbocycles. The van der Waals surface area contributed by atoms with E-state index in [1.54, 1.807) is 11.9 Å². The summed E-state index contributed by atoms with van der Waals surface area (Å²) < 4.78 is 0. The zero-order valence-corrected chi connectivity index (χ0v) is 19.5. The Morgan fingerprint density at radius 3 is 2.53 bits per heavy atom. The highest BCUT2D eigenvalue weighted by Gasteiger charge is 2.56. The Labute approximate surface area is 199 Å². The van der Waals surface area contributed by atoms with Crippen LogP contribution in [0.4, 0.5) is 10.5 Å². The highest BCUT2D eigenvalue weighted by molar-refractivity contribution is 6.01.